The molecule has 3 heteroatoms. The Morgan fingerprint density at radius 1 is 0.511 bits per heavy atom. The van der Waals surface area contributed by atoms with Crippen LogP contribution in [0.2, 0.25) is 0 Å². The van der Waals surface area contributed by atoms with Gasteiger partial charge in [-0.1, -0.05) is 98.8 Å². The van der Waals surface area contributed by atoms with Crippen LogP contribution in [-0.2, 0) is 5.41 Å². The van der Waals surface area contributed by atoms with E-state index in [9.17, 15) is 0 Å². The Bertz CT molecular complexity index is 2340. The van der Waals surface area contributed by atoms with Crippen LogP contribution in [0, 0.1) is 0 Å². The minimum absolute atomic E-state index is 0.166. The fourth-order valence-corrected chi connectivity index (χ4v) is 7.53. The summed E-state index contributed by atoms with van der Waals surface area (Å²) in [4.78, 5) is 7.15. The molecule has 0 amide bonds. The van der Waals surface area contributed by atoms with Gasteiger partial charge in [0.25, 0.3) is 0 Å². The highest BCUT2D eigenvalue weighted by atomic mass is 15.1. The van der Waals surface area contributed by atoms with Gasteiger partial charge in [-0.3, -0.25) is 4.57 Å². The molecule has 8 aromatic rings. The van der Waals surface area contributed by atoms with Crippen molar-refractivity contribution >= 4 is 39.0 Å². The number of anilines is 3. The molecule has 1 aliphatic carbocycles. The Hall–Kier alpha value is -5.93. The molecule has 224 valence electrons. The van der Waals surface area contributed by atoms with Crippen molar-refractivity contribution in [2.75, 3.05) is 4.90 Å². The SMILES string of the molecule is CC1(C)c2cc(-c3cccc(N(c4ccccc4)c4ccccc4)c3)ccc2-c2ccc(-n3c4ccccc4c4cccnc43)cc21. The summed E-state index contributed by atoms with van der Waals surface area (Å²) >= 11 is 0. The Kier molecular flexibility index (Phi) is 6.16. The molecule has 0 atom stereocenters. The number of para-hydroxylation sites is 3. The van der Waals surface area contributed by atoms with Gasteiger partial charge in [0, 0.05) is 45.1 Å². The van der Waals surface area contributed by atoms with E-state index in [-0.39, 0.29) is 5.41 Å². The molecular weight excluding hydrogens is 571 g/mol. The summed E-state index contributed by atoms with van der Waals surface area (Å²) in [6.07, 6.45) is 1.89. The number of pyridine rings is 1. The van der Waals surface area contributed by atoms with Crippen molar-refractivity contribution in [1.82, 2.24) is 9.55 Å². The average molecular weight is 604 g/mol. The van der Waals surface area contributed by atoms with Crippen LogP contribution in [0.3, 0.4) is 0 Å². The van der Waals surface area contributed by atoms with Crippen molar-refractivity contribution in [3.8, 4) is 27.9 Å². The van der Waals surface area contributed by atoms with Gasteiger partial charge in [-0.25, -0.2) is 4.98 Å². The second-order valence-corrected chi connectivity index (χ2v) is 12.9. The average Bonchev–Trinajstić information content (AvgIpc) is 3.58. The second kappa shape index (κ2) is 10.6. The summed E-state index contributed by atoms with van der Waals surface area (Å²) in [6, 6.07) is 56.8. The van der Waals surface area contributed by atoms with Crippen LogP contribution in [0.4, 0.5) is 17.1 Å². The fourth-order valence-electron chi connectivity index (χ4n) is 7.53. The van der Waals surface area contributed by atoms with E-state index in [1.165, 1.54) is 49.7 Å². The van der Waals surface area contributed by atoms with Gasteiger partial charge in [0.05, 0.1) is 5.52 Å². The summed E-state index contributed by atoms with van der Waals surface area (Å²) in [5.41, 5.74) is 14.3. The molecule has 2 heterocycles. The topological polar surface area (TPSA) is 21.1 Å². The summed E-state index contributed by atoms with van der Waals surface area (Å²) < 4.78 is 2.31. The number of hydrogen-bond acceptors (Lipinski definition) is 2. The normalized spacial score (nSPS) is 13.1. The molecule has 1 aliphatic rings. The third kappa shape index (κ3) is 4.31. The zero-order valence-corrected chi connectivity index (χ0v) is 26.4. The van der Waals surface area contributed by atoms with Crippen LogP contribution in [0.25, 0.3) is 49.9 Å². The lowest BCUT2D eigenvalue weighted by molar-refractivity contribution is 0.660. The molecule has 0 fully saturated rings. The highest BCUT2D eigenvalue weighted by Gasteiger charge is 2.36. The monoisotopic (exact) mass is 603 g/mol. The van der Waals surface area contributed by atoms with Gasteiger partial charge in [0.2, 0.25) is 0 Å². The largest absolute Gasteiger partial charge is 0.310 e. The summed E-state index contributed by atoms with van der Waals surface area (Å²) in [5, 5.41) is 2.40. The molecule has 0 saturated heterocycles. The number of rotatable bonds is 5. The summed E-state index contributed by atoms with van der Waals surface area (Å²) in [6.45, 7) is 4.72. The number of hydrogen-bond donors (Lipinski definition) is 0. The number of aromatic nitrogens is 2. The van der Waals surface area contributed by atoms with Crippen molar-refractivity contribution in [2.45, 2.75) is 19.3 Å². The van der Waals surface area contributed by atoms with E-state index in [1.54, 1.807) is 0 Å². The van der Waals surface area contributed by atoms with Gasteiger partial charge >= 0.3 is 0 Å². The first-order valence-electron chi connectivity index (χ1n) is 16.2. The minimum Gasteiger partial charge on any atom is -0.310 e. The number of fused-ring (bicyclic) bond motifs is 6. The van der Waals surface area contributed by atoms with Crippen molar-refractivity contribution in [3.05, 3.63) is 175 Å². The summed E-state index contributed by atoms with van der Waals surface area (Å²) in [7, 11) is 0. The molecule has 0 spiro atoms. The van der Waals surface area contributed by atoms with E-state index >= 15 is 0 Å². The second-order valence-electron chi connectivity index (χ2n) is 12.9. The molecule has 9 rings (SSSR count). The molecule has 0 saturated carbocycles. The lowest BCUT2D eigenvalue weighted by atomic mass is 9.81. The van der Waals surface area contributed by atoms with E-state index in [4.69, 9.17) is 4.98 Å². The van der Waals surface area contributed by atoms with Gasteiger partial charge in [-0.15, -0.1) is 0 Å². The smallest absolute Gasteiger partial charge is 0.145 e. The zero-order chi connectivity index (χ0) is 31.5. The third-order valence-corrected chi connectivity index (χ3v) is 9.82. The van der Waals surface area contributed by atoms with Crippen LogP contribution < -0.4 is 4.90 Å². The van der Waals surface area contributed by atoms with Crippen LogP contribution in [0.1, 0.15) is 25.0 Å². The molecule has 0 radical (unpaired) electrons. The maximum atomic E-state index is 4.83. The van der Waals surface area contributed by atoms with Crippen LogP contribution >= 0.6 is 0 Å². The molecule has 0 unspecified atom stereocenters. The van der Waals surface area contributed by atoms with Crippen molar-refractivity contribution in [3.63, 3.8) is 0 Å². The Morgan fingerprint density at radius 2 is 1.13 bits per heavy atom. The molecule has 47 heavy (non-hydrogen) atoms. The first kappa shape index (κ1) is 27.4. The molecule has 2 aromatic heterocycles. The molecule has 3 nitrogen and oxygen atoms in total. The molecular formula is C44H33N3. The quantitative estimate of drug-likeness (QED) is 0.195. The zero-order valence-electron chi connectivity index (χ0n) is 26.4. The van der Waals surface area contributed by atoms with Crippen LogP contribution in [0.5, 0.6) is 0 Å². The minimum atomic E-state index is -0.166. The predicted octanol–water partition coefficient (Wildman–Crippen LogP) is 11.6. The predicted molar refractivity (Wildman–Crippen MR) is 196 cm³/mol. The molecule has 0 aliphatic heterocycles. The standard InChI is InChI=1S/C44H33N3/c1-44(2)40-28-31(30-13-11-18-34(27-30)46(32-14-5-3-6-15-32)33-16-7-4-8-17-33)22-24-36(40)37-25-23-35(29-41(37)44)47-42-21-10-9-19-38(42)39-20-12-26-45-43(39)47/h3-29H,1-2H3. The van der Waals surface area contributed by atoms with Crippen molar-refractivity contribution < 1.29 is 0 Å². The van der Waals surface area contributed by atoms with E-state index < -0.39 is 0 Å². The number of nitrogens with zero attached hydrogens (tertiary/aromatic N) is 3. The maximum Gasteiger partial charge on any atom is 0.145 e. The van der Waals surface area contributed by atoms with E-state index in [0.717, 1.165) is 28.4 Å². The van der Waals surface area contributed by atoms with Gasteiger partial charge in [0.1, 0.15) is 5.65 Å². The fraction of sp³-hybridized carbons (Fsp3) is 0.0682. The Labute approximate surface area is 275 Å². The first-order valence-corrected chi connectivity index (χ1v) is 16.2. The molecule has 6 aromatic carbocycles. The van der Waals surface area contributed by atoms with Crippen LogP contribution in [-0.4, -0.2) is 9.55 Å². The maximum absolute atomic E-state index is 4.83. The lowest BCUT2D eigenvalue weighted by Gasteiger charge is -2.26. The molecule has 0 bridgehead atoms. The Morgan fingerprint density at radius 3 is 1.89 bits per heavy atom. The Balaban J connectivity index is 1.13. The van der Waals surface area contributed by atoms with Crippen molar-refractivity contribution in [2.24, 2.45) is 0 Å². The van der Waals surface area contributed by atoms with E-state index in [2.05, 4.69) is 175 Å². The lowest BCUT2D eigenvalue weighted by Crippen LogP contribution is -2.15. The van der Waals surface area contributed by atoms with Gasteiger partial charge < -0.3 is 4.90 Å². The van der Waals surface area contributed by atoms with Gasteiger partial charge in [0.15, 0.2) is 0 Å². The molecule has 0 N–H and O–H groups in total. The highest BCUT2D eigenvalue weighted by molar-refractivity contribution is 6.07. The van der Waals surface area contributed by atoms with Crippen LogP contribution in [0.15, 0.2) is 164 Å². The van der Waals surface area contributed by atoms with Crippen molar-refractivity contribution in [1.29, 1.82) is 0 Å². The van der Waals surface area contributed by atoms with Gasteiger partial charge in [-0.2, -0.15) is 0 Å². The third-order valence-electron chi connectivity index (χ3n) is 9.82. The number of benzene rings is 6. The highest BCUT2D eigenvalue weighted by Crippen LogP contribution is 2.51. The van der Waals surface area contributed by atoms with E-state index in [0.29, 0.717) is 0 Å². The van der Waals surface area contributed by atoms with Gasteiger partial charge in [-0.05, 0) is 106 Å². The first-order chi connectivity index (χ1) is 23.1. The summed E-state index contributed by atoms with van der Waals surface area (Å²) in [5.74, 6) is 0. The van der Waals surface area contributed by atoms with E-state index in [1.807, 2.05) is 12.3 Å².